The molecule has 0 aliphatic rings. The van der Waals surface area contributed by atoms with E-state index in [-0.39, 0.29) is 11.2 Å². The minimum absolute atomic E-state index is 0.155. The van der Waals surface area contributed by atoms with Gasteiger partial charge in [-0.3, -0.25) is 4.99 Å². The molecule has 1 aromatic rings. The van der Waals surface area contributed by atoms with Crippen LogP contribution in [0.15, 0.2) is 23.2 Å². The van der Waals surface area contributed by atoms with Crippen LogP contribution in [0.2, 0.25) is 0 Å². The van der Waals surface area contributed by atoms with Gasteiger partial charge in [-0.15, -0.1) is 0 Å². The molecule has 2 N–H and O–H groups in total. The number of guanidine groups is 1. The largest absolute Gasteiger partial charge is 0.493 e. The highest BCUT2D eigenvalue weighted by molar-refractivity contribution is 7.90. The van der Waals surface area contributed by atoms with Gasteiger partial charge < -0.3 is 15.4 Å². The molecule has 166 valence electrons. The SMILES string of the molecule is CCCCCOc1cc(C)ccc1CNC(=NC)NCC(C)(C)CCS(C)(=O)=O. The number of nitrogens with one attached hydrogen (secondary N) is 2. The predicted molar refractivity (Wildman–Crippen MR) is 123 cm³/mol. The zero-order valence-corrected chi connectivity index (χ0v) is 19.8. The van der Waals surface area contributed by atoms with Crippen LogP contribution in [-0.2, 0) is 16.4 Å². The van der Waals surface area contributed by atoms with Crippen LogP contribution in [-0.4, -0.2) is 46.6 Å². The van der Waals surface area contributed by atoms with Crippen LogP contribution in [0.1, 0.15) is 57.6 Å². The molecule has 0 amide bonds. The number of nitrogens with zero attached hydrogens (tertiary/aromatic N) is 1. The van der Waals surface area contributed by atoms with E-state index in [1.54, 1.807) is 7.05 Å². The van der Waals surface area contributed by atoms with Crippen molar-refractivity contribution in [1.82, 2.24) is 10.6 Å². The lowest BCUT2D eigenvalue weighted by Crippen LogP contribution is -2.42. The zero-order valence-electron chi connectivity index (χ0n) is 19.0. The van der Waals surface area contributed by atoms with Gasteiger partial charge in [0, 0.05) is 32.0 Å². The number of aryl methyl sites for hydroxylation is 1. The fourth-order valence-electron chi connectivity index (χ4n) is 2.75. The van der Waals surface area contributed by atoms with Crippen molar-refractivity contribution < 1.29 is 13.2 Å². The second kappa shape index (κ2) is 12.1. The lowest BCUT2D eigenvalue weighted by atomic mass is 9.90. The molecule has 0 spiro atoms. The van der Waals surface area contributed by atoms with Crippen molar-refractivity contribution in [2.45, 2.75) is 59.9 Å². The summed E-state index contributed by atoms with van der Waals surface area (Å²) in [6.07, 6.45) is 5.28. The van der Waals surface area contributed by atoms with E-state index >= 15 is 0 Å². The number of sulfone groups is 1. The van der Waals surface area contributed by atoms with Crippen LogP contribution in [0, 0.1) is 12.3 Å². The number of hydrogen-bond donors (Lipinski definition) is 2. The van der Waals surface area contributed by atoms with Gasteiger partial charge in [-0.2, -0.15) is 0 Å². The van der Waals surface area contributed by atoms with E-state index in [1.807, 2.05) is 0 Å². The number of ether oxygens (including phenoxy) is 1. The molecule has 0 unspecified atom stereocenters. The summed E-state index contributed by atoms with van der Waals surface area (Å²) in [4.78, 5) is 4.28. The predicted octanol–water partition coefficient (Wildman–Crippen LogP) is 3.69. The molecule has 0 heterocycles. The lowest BCUT2D eigenvalue weighted by molar-refractivity contribution is 0.302. The van der Waals surface area contributed by atoms with Crippen molar-refractivity contribution in [3.63, 3.8) is 0 Å². The fraction of sp³-hybridized carbons (Fsp3) is 0.682. The molecule has 0 bridgehead atoms. The summed E-state index contributed by atoms with van der Waals surface area (Å²) in [5, 5.41) is 6.64. The summed E-state index contributed by atoms with van der Waals surface area (Å²) in [6.45, 7) is 10.3. The van der Waals surface area contributed by atoms with Gasteiger partial charge in [-0.05, 0) is 36.8 Å². The van der Waals surface area contributed by atoms with Crippen molar-refractivity contribution in [3.8, 4) is 5.75 Å². The van der Waals surface area contributed by atoms with Crippen LogP contribution >= 0.6 is 0 Å². The third-order valence-corrected chi connectivity index (χ3v) is 5.73. The Bertz CT molecular complexity index is 759. The average Bonchev–Trinajstić information content (AvgIpc) is 2.64. The quantitative estimate of drug-likeness (QED) is 0.303. The van der Waals surface area contributed by atoms with Gasteiger partial charge in [-0.1, -0.05) is 45.7 Å². The van der Waals surface area contributed by atoms with Crippen molar-refractivity contribution >= 4 is 15.8 Å². The Balaban J connectivity index is 2.61. The number of hydrogen-bond acceptors (Lipinski definition) is 4. The number of benzene rings is 1. The number of unbranched alkanes of at least 4 members (excludes halogenated alkanes) is 2. The van der Waals surface area contributed by atoms with E-state index in [9.17, 15) is 8.42 Å². The van der Waals surface area contributed by atoms with E-state index < -0.39 is 9.84 Å². The van der Waals surface area contributed by atoms with Gasteiger partial charge >= 0.3 is 0 Å². The lowest BCUT2D eigenvalue weighted by Gasteiger charge is -2.26. The Kier molecular flexibility index (Phi) is 10.5. The first-order valence-electron chi connectivity index (χ1n) is 10.4. The van der Waals surface area contributed by atoms with Gasteiger partial charge in [0.25, 0.3) is 0 Å². The van der Waals surface area contributed by atoms with Crippen LogP contribution in [0.4, 0.5) is 0 Å². The third-order valence-electron chi connectivity index (χ3n) is 4.78. The molecule has 0 saturated carbocycles. The highest BCUT2D eigenvalue weighted by Gasteiger charge is 2.20. The highest BCUT2D eigenvalue weighted by Crippen LogP contribution is 2.21. The standard InChI is InChI=1S/C22H39N3O3S/c1-7-8-9-13-28-20-15-18(2)10-11-19(20)16-24-21(23-5)25-17-22(3,4)12-14-29(6,26)27/h10-11,15H,7-9,12-14,16-17H2,1-6H3,(H2,23,24,25). The molecule has 0 aliphatic carbocycles. The first-order chi connectivity index (χ1) is 13.6. The Labute approximate surface area is 177 Å². The molecule has 7 heteroatoms. The van der Waals surface area contributed by atoms with Gasteiger partial charge in [0.05, 0.1) is 12.4 Å². The fourth-order valence-corrected chi connectivity index (χ4v) is 3.67. The van der Waals surface area contributed by atoms with E-state index in [1.165, 1.54) is 24.7 Å². The molecule has 0 radical (unpaired) electrons. The molecular formula is C22H39N3O3S. The summed E-state index contributed by atoms with van der Waals surface area (Å²) >= 11 is 0. The molecule has 0 aromatic heterocycles. The van der Waals surface area contributed by atoms with Crippen LogP contribution in [0.5, 0.6) is 5.75 Å². The molecule has 0 atom stereocenters. The first-order valence-corrected chi connectivity index (χ1v) is 12.5. The second-order valence-electron chi connectivity index (χ2n) is 8.49. The normalized spacial score (nSPS) is 12.7. The topological polar surface area (TPSA) is 79.8 Å². The van der Waals surface area contributed by atoms with Gasteiger partial charge in [0.2, 0.25) is 0 Å². The van der Waals surface area contributed by atoms with Crippen molar-refractivity contribution in [1.29, 1.82) is 0 Å². The molecular weight excluding hydrogens is 386 g/mol. The number of aliphatic imine (C=N–C) groups is 1. The molecule has 0 aliphatic heterocycles. The number of rotatable bonds is 12. The summed E-state index contributed by atoms with van der Waals surface area (Å²) in [5.41, 5.74) is 2.11. The minimum atomic E-state index is -2.96. The maximum absolute atomic E-state index is 11.4. The second-order valence-corrected chi connectivity index (χ2v) is 10.7. The molecule has 1 rings (SSSR count). The van der Waals surface area contributed by atoms with Crippen molar-refractivity contribution in [2.75, 3.05) is 32.2 Å². The Hall–Kier alpha value is -1.76. The molecule has 0 fully saturated rings. The Morgan fingerprint density at radius 1 is 1.21 bits per heavy atom. The van der Waals surface area contributed by atoms with Gasteiger partial charge in [0.15, 0.2) is 5.96 Å². The van der Waals surface area contributed by atoms with E-state index in [4.69, 9.17) is 4.74 Å². The summed E-state index contributed by atoms with van der Waals surface area (Å²) in [5.74, 6) is 1.79. The molecule has 1 aromatic carbocycles. The molecule has 6 nitrogen and oxygen atoms in total. The average molecular weight is 426 g/mol. The van der Waals surface area contributed by atoms with E-state index in [0.717, 1.165) is 24.3 Å². The van der Waals surface area contributed by atoms with Gasteiger partial charge in [0.1, 0.15) is 15.6 Å². The van der Waals surface area contributed by atoms with Gasteiger partial charge in [-0.25, -0.2) is 8.42 Å². The Morgan fingerprint density at radius 2 is 1.93 bits per heavy atom. The third kappa shape index (κ3) is 11.1. The summed E-state index contributed by atoms with van der Waals surface area (Å²) < 4.78 is 28.9. The van der Waals surface area contributed by atoms with Crippen molar-refractivity contribution in [3.05, 3.63) is 29.3 Å². The smallest absolute Gasteiger partial charge is 0.191 e. The molecule has 0 saturated heterocycles. The molecule has 29 heavy (non-hydrogen) atoms. The maximum Gasteiger partial charge on any atom is 0.191 e. The monoisotopic (exact) mass is 425 g/mol. The Morgan fingerprint density at radius 3 is 2.55 bits per heavy atom. The van der Waals surface area contributed by atoms with Crippen LogP contribution < -0.4 is 15.4 Å². The maximum atomic E-state index is 11.4. The summed E-state index contributed by atoms with van der Waals surface area (Å²) in [7, 11) is -1.22. The zero-order chi connectivity index (χ0) is 21.9. The first kappa shape index (κ1) is 25.3. The van der Waals surface area contributed by atoms with E-state index in [0.29, 0.717) is 25.5 Å². The van der Waals surface area contributed by atoms with Crippen molar-refractivity contribution in [2.24, 2.45) is 10.4 Å². The van der Waals surface area contributed by atoms with Crippen LogP contribution in [0.25, 0.3) is 0 Å². The summed E-state index contributed by atoms with van der Waals surface area (Å²) in [6, 6.07) is 6.24. The highest BCUT2D eigenvalue weighted by atomic mass is 32.2. The van der Waals surface area contributed by atoms with Crippen LogP contribution in [0.3, 0.4) is 0 Å². The van der Waals surface area contributed by atoms with E-state index in [2.05, 4.69) is 61.5 Å². The minimum Gasteiger partial charge on any atom is -0.493 e.